The summed E-state index contributed by atoms with van der Waals surface area (Å²) in [4.78, 5) is 25.9. The zero-order valence-corrected chi connectivity index (χ0v) is 24.0. The highest BCUT2D eigenvalue weighted by Crippen LogP contribution is 2.30. The van der Waals surface area contributed by atoms with Gasteiger partial charge in [-0.2, -0.15) is 0 Å². The zero-order chi connectivity index (χ0) is 28.9. The van der Waals surface area contributed by atoms with Crippen molar-refractivity contribution >= 4 is 50.5 Å². The molecule has 0 aliphatic carbocycles. The van der Waals surface area contributed by atoms with Gasteiger partial charge in [-0.25, -0.2) is 8.42 Å². The molecular formula is C31H30ClN3O4S. The van der Waals surface area contributed by atoms with Gasteiger partial charge in [-0.05, 0) is 65.6 Å². The van der Waals surface area contributed by atoms with Gasteiger partial charge in [0.15, 0.2) is 0 Å². The molecular weight excluding hydrogens is 546 g/mol. The summed E-state index contributed by atoms with van der Waals surface area (Å²) in [5, 5.41) is 5.75. The molecule has 0 aliphatic heterocycles. The number of nitrogens with zero attached hydrogens (tertiary/aromatic N) is 1. The predicted octanol–water partition coefficient (Wildman–Crippen LogP) is 6.72. The van der Waals surface area contributed by atoms with E-state index in [2.05, 4.69) is 31.4 Å². The minimum absolute atomic E-state index is 0.0244. The lowest BCUT2D eigenvalue weighted by atomic mass is 9.87. The second-order valence-corrected chi connectivity index (χ2v) is 12.5. The first-order chi connectivity index (χ1) is 18.9. The Morgan fingerprint density at radius 1 is 0.775 bits per heavy atom. The largest absolute Gasteiger partial charge is 0.324 e. The van der Waals surface area contributed by atoms with Crippen molar-refractivity contribution in [2.24, 2.45) is 0 Å². The van der Waals surface area contributed by atoms with Gasteiger partial charge in [-0.15, -0.1) is 0 Å². The van der Waals surface area contributed by atoms with E-state index in [-0.39, 0.29) is 26.9 Å². The van der Waals surface area contributed by atoms with E-state index in [1.54, 1.807) is 78.9 Å². The topological polar surface area (TPSA) is 95.6 Å². The molecule has 0 aliphatic rings. The maximum absolute atomic E-state index is 13.5. The highest BCUT2D eigenvalue weighted by molar-refractivity contribution is 7.92. The molecule has 0 atom stereocenters. The first-order valence-electron chi connectivity index (χ1n) is 12.6. The summed E-state index contributed by atoms with van der Waals surface area (Å²) in [7, 11) is -4.10. The lowest BCUT2D eigenvalue weighted by Crippen LogP contribution is -2.38. The van der Waals surface area contributed by atoms with Crippen LogP contribution >= 0.6 is 11.6 Å². The molecule has 0 unspecified atom stereocenters. The van der Waals surface area contributed by atoms with Crippen LogP contribution in [0.15, 0.2) is 108 Å². The minimum Gasteiger partial charge on any atom is -0.324 e. The van der Waals surface area contributed by atoms with Crippen LogP contribution in [-0.4, -0.2) is 26.8 Å². The van der Waals surface area contributed by atoms with Gasteiger partial charge in [0.2, 0.25) is 5.91 Å². The van der Waals surface area contributed by atoms with E-state index >= 15 is 0 Å². The minimum atomic E-state index is -4.10. The Labute approximate surface area is 239 Å². The Morgan fingerprint density at radius 3 is 2.00 bits per heavy atom. The second-order valence-electron chi connectivity index (χ2n) is 10.2. The van der Waals surface area contributed by atoms with Gasteiger partial charge in [-0.1, -0.05) is 80.9 Å². The van der Waals surface area contributed by atoms with E-state index in [1.165, 1.54) is 12.1 Å². The van der Waals surface area contributed by atoms with Crippen molar-refractivity contribution in [3.05, 3.63) is 119 Å². The normalized spacial score (nSPS) is 11.5. The predicted molar refractivity (Wildman–Crippen MR) is 161 cm³/mol. The summed E-state index contributed by atoms with van der Waals surface area (Å²) in [5.41, 5.74) is 2.65. The highest BCUT2D eigenvalue weighted by atomic mass is 35.5. The molecule has 0 radical (unpaired) electrons. The van der Waals surface area contributed by atoms with E-state index in [0.29, 0.717) is 16.9 Å². The van der Waals surface area contributed by atoms with Crippen LogP contribution in [0.3, 0.4) is 0 Å². The first kappa shape index (κ1) is 28.9. The monoisotopic (exact) mass is 575 g/mol. The van der Waals surface area contributed by atoms with Crippen molar-refractivity contribution in [2.75, 3.05) is 21.5 Å². The summed E-state index contributed by atoms with van der Waals surface area (Å²) in [5.74, 6) is -0.872. The van der Waals surface area contributed by atoms with Crippen molar-refractivity contribution in [1.82, 2.24) is 0 Å². The lowest BCUT2D eigenvalue weighted by Gasteiger charge is -2.25. The average Bonchev–Trinajstić information content (AvgIpc) is 2.92. The number of carbonyl (C=O) groups excluding carboxylic acids is 2. The molecule has 4 rings (SSSR count). The van der Waals surface area contributed by atoms with E-state index in [4.69, 9.17) is 11.6 Å². The van der Waals surface area contributed by atoms with Gasteiger partial charge in [-0.3, -0.25) is 13.9 Å². The molecule has 4 aromatic carbocycles. The lowest BCUT2D eigenvalue weighted by molar-refractivity contribution is -0.114. The van der Waals surface area contributed by atoms with Gasteiger partial charge in [0.05, 0.1) is 15.6 Å². The van der Waals surface area contributed by atoms with Crippen LogP contribution in [0.2, 0.25) is 5.02 Å². The van der Waals surface area contributed by atoms with Crippen molar-refractivity contribution < 1.29 is 18.0 Å². The fourth-order valence-corrected chi connectivity index (χ4v) is 5.75. The molecule has 7 nitrogen and oxygen atoms in total. The highest BCUT2D eigenvalue weighted by Gasteiger charge is 2.28. The van der Waals surface area contributed by atoms with Gasteiger partial charge >= 0.3 is 0 Å². The summed E-state index contributed by atoms with van der Waals surface area (Å²) in [6.07, 6.45) is 0. The fraction of sp³-hybridized carbons (Fsp3) is 0.161. The Kier molecular flexibility index (Phi) is 8.61. The summed E-state index contributed by atoms with van der Waals surface area (Å²) < 4.78 is 28.0. The molecule has 2 N–H and O–H groups in total. The molecule has 0 spiro atoms. The average molecular weight is 576 g/mol. The molecule has 2 amide bonds. The summed E-state index contributed by atoms with van der Waals surface area (Å²) in [6.45, 7) is 5.80. The smallest absolute Gasteiger partial charge is 0.264 e. The van der Waals surface area contributed by atoms with Crippen LogP contribution in [-0.2, 0) is 20.2 Å². The number of sulfonamides is 1. The van der Waals surface area contributed by atoms with Gasteiger partial charge in [0.25, 0.3) is 15.9 Å². The van der Waals surface area contributed by atoms with E-state index in [9.17, 15) is 18.0 Å². The van der Waals surface area contributed by atoms with Crippen LogP contribution in [0, 0.1) is 0 Å². The quantitative estimate of drug-likeness (QED) is 0.244. The molecule has 4 aromatic rings. The summed E-state index contributed by atoms with van der Waals surface area (Å²) >= 11 is 6.33. The van der Waals surface area contributed by atoms with E-state index < -0.39 is 22.5 Å². The third-order valence-electron chi connectivity index (χ3n) is 6.16. The molecule has 9 heteroatoms. The van der Waals surface area contributed by atoms with Crippen LogP contribution in [0.5, 0.6) is 0 Å². The van der Waals surface area contributed by atoms with Crippen LogP contribution in [0.25, 0.3) is 0 Å². The van der Waals surface area contributed by atoms with Gasteiger partial charge < -0.3 is 10.6 Å². The number of carbonyl (C=O) groups is 2. The van der Waals surface area contributed by atoms with E-state index in [1.807, 2.05) is 12.1 Å². The fourth-order valence-electron chi connectivity index (χ4n) is 4.00. The molecule has 0 saturated heterocycles. The number of halogens is 1. The number of amides is 2. The Balaban J connectivity index is 1.51. The standard InChI is InChI=1S/C31H30ClN3O4S/c1-31(2,3)23-18-16-22(17-19-23)30(37)34-25-11-9-10-24(20-25)33-29(36)21-35(28-15-8-7-14-27(28)32)40(38,39)26-12-5-4-6-13-26/h4-20H,21H2,1-3H3,(H,33,36)(H,34,37). The van der Waals surface area contributed by atoms with Crippen molar-refractivity contribution in [3.63, 3.8) is 0 Å². The number of nitrogens with one attached hydrogen (secondary N) is 2. The van der Waals surface area contributed by atoms with Gasteiger partial charge in [0, 0.05) is 16.9 Å². The molecule has 0 bridgehead atoms. The van der Waals surface area contributed by atoms with Crippen molar-refractivity contribution in [1.29, 1.82) is 0 Å². The van der Waals surface area contributed by atoms with Crippen molar-refractivity contribution in [3.8, 4) is 0 Å². The SMILES string of the molecule is CC(C)(C)c1ccc(C(=O)Nc2cccc(NC(=O)CN(c3ccccc3Cl)S(=O)(=O)c3ccccc3)c2)cc1. The number of para-hydroxylation sites is 1. The van der Waals surface area contributed by atoms with Crippen molar-refractivity contribution in [2.45, 2.75) is 31.1 Å². The third-order valence-corrected chi connectivity index (χ3v) is 8.25. The number of anilines is 3. The number of rotatable bonds is 8. The van der Waals surface area contributed by atoms with Crippen LogP contribution < -0.4 is 14.9 Å². The number of hydrogen-bond acceptors (Lipinski definition) is 4. The molecule has 0 aromatic heterocycles. The van der Waals surface area contributed by atoms with Crippen LogP contribution in [0.4, 0.5) is 17.1 Å². The summed E-state index contributed by atoms with van der Waals surface area (Å²) in [6, 6.07) is 28.3. The molecule has 40 heavy (non-hydrogen) atoms. The number of hydrogen-bond donors (Lipinski definition) is 2. The maximum atomic E-state index is 13.5. The first-order valence-corrected chi connectivity index (χ1v) is 14.4. The molecule has 206 valence electrons. The molecule has 0 fully saturated rings. The molecule has 0 heterocycles. The zero-order valence-electron chi connectivity index (χ0n) is 22.4. The molecule has 0 saturated carbocycles. The van der Waals surface area contributed by atoms with E-state index in [0.717, 1.165) is 9.87 Å². The maximum Gasteiger partial charge on any atom is 0.264 e. The van der Waals surface area contributed by atoms with Crippen LogP contribution in [0.1, 0.15) is 36.7 Å². The third kappa shape index (κ3) is 6.89. The van der Waals surface area contributed by atoms with Gasteiger partial charge in [0.1, 0.15) is 6.54 Å². The Hall–Kier alpha value is -4.14. The second kappa shape index (κ2) is 11.9. The number of benzene rings is 4. The Morgan fingerprint density at radius 2 is 1.38 bits per heavy atom. The Bertz CT molecular complexity index is 1620.